The third-order valence-corrected chi connectivity index (χ3v) is 3.18. The second-order valence-electron chi connectivity index (χ2n) is 3.99. The molecule has 0 radical (unpaired) electrons. The van der Waals surface area contributed by atoms with E-state index in [1.807, 2.05) is 11.0 Å². The van der Waals surface area contributed by atoms with Crippen LogP contribution in [0, 0.1) is 0 Å². The SMILES string of the molecule is CN1CCN(C(=O)c2cncc(Br)c2)CC1. The smallest absolute Gasteiger partial charge is 0.255 e. The molecule has 1 amide bonds. The molecule has 1 aliphatic rings. The van der Waals surface area contributed by atoms with Crippen LogP contribution in [0.4, 0.5) is 0 Å². The number of aromatic nitrogens is 1. The van der Waals surface area contributed by atoms with Crippen molar-refractivity contribution in [3.8, 4) is 0 Å². The summed E-state index contributed by atoms with van der Waals surface area (Å²) in [5, 5.41) is 0. The van der Waals surface area contributed by atoms with Crippen molar-refractivity contribution >= 4 is 21.8 Å². The van der Waals surface area contributed by atoms with Crippen LogP contribution in [0.3, 0.4) is 0 Å². The molecule has 1 saturated heterocycles. The van der Waals surface area contributed by atoms with Crippen molar-refractivity contribution in [3.63, 3.8) is 0 Å². The quantitative estimate of drug-likeness (QED) is 0.778. The molecule has 2 rings (SSSR count). The van der Waals surface area contributed by atoms with E-state index < -0.39 is 0 Å². The third-order valence-electron chi connectivity index (χ3n) is 2.74. The van der Waals surface area contributed by atoms with Gasteiger partial charge in [-0.2, -0.15) is 0 Å². The third kappa shape index (κ3) is 2.59. The summed E-state index contributed by atoms with van der Waals surface area (Å²) in [6.45, 7) is 3.46. The minimum atomic E-state index is 0.0712. The summed E-state index contributed by atoms with van der Waals surface area (Å²) >= 11 is 3.32. The zero-order valence-electron chi connectivity index (χ0n) is 9.19. The highest BCUT2D eigenvalue weighted by molar-refractivity contribution is 9.10. The van der Waals surface area contributed by atoms with Crippen molar-refractivity contribution < 1.29 is 4.79 Å². The molecular formula is C11H14BrN3O. The number of piperazine rings is 1. The van der Waals surface area contributed by atoms with E-state index in [2.05, 4.69) is 32.9 Å². The van der Waals surface area contributed by atoms with Crippen LogP contribution < -0.4 is 0 Å². The van der Waals surface area contributed by atoms with Crippen LogP contribution in [0.15, 0.2) is 22.9 Å². The van der Waals surface area contributed by atoms with Gasteiger partial charge >= 0.3 is 0 Å². The predicted molar refractivity (Wildman–Crippen MR) is 65.3 cm³/mol. The first-order chi connectivity index (χ1) is 7.66. The van der Waals surface area contributed by atoms with E-state index in [1.54, 1.807) is 12.4 Å². The number of carbonyl (C=O) groups excluding carboxylic acids is 1. The number of nitrogens with zero attached hydrogens (tertiary/aromatic N) is 3. The van der Waals surface area contributed by atoms with Crippen LogP contribution in [0.2, 0.25) is 0 Å². The van der Waals surface area contributed by atoms with E-state index in [-0.39, 0.29) is 5.91 Å². The van der Waals surface area contributed by atoms with Gasteiger partial charge in [-0.15, -0.1) is 0 Å². The van der Waals surface area contributed by atoms with Crippen LogP contribution in [0.1, 0.15) is 10.4 Å². The Kier molecular flexibility index (Phi) is 3.56. The Balaban J connectivity index is 2.08. The minimum Gasteiger partial charge on any atom is -0.336 e. The number of halogens is 1. The fourth-order valence-electron chi connectivity index (χ4n) is 1.72. The molecule has 0 atom stereocenters. The van der Waals surface area contributed by atoms with Crippen molar-refractivity contribution in [3.05, 3.63) is 28.5 Å². The van der Waals surface area contributed by atoms with Crippen LogP contribution in [0.5, 0.6) is 0 Å². The summed E-state index contributed by atoms with van der Waals surface area (Å²) in [6.07, 6.45) is 3.30. The van der Waals surface area contributed by atoms with E-state index in [9.17, 15) is 4.79 Å². The maximum absolute atomic E-state index is 12.1. The van der Waals surface area contributed by atoms with Crippen molar-refractivity contribution in [1.29, 1.82) is 0 Å². The lowest BCUT2D eigenvalue weighted by atomic mass is 10.2. The number of pyridine rings is 1. The Hall–Kier alpha value is -0.940. The summed E-state index contributed by atoms with van der Waals surface area (Å²) in [5.74, 6) is 0.0712. The lowest BCUT2D eigenvalue weighted by molar-refractivity contribution is 0.0663. The van der Waals surface area contributed by atoms with Gasteiger partial charge < -0.3 is 9.80 Å². The molecule has 0 aromatic carbocycles. The van der Waals surface area contributed by atoms with Crippen molar-refractivity contribution in [2.75, 3.05) is 33.2 Å². The van der Waals surface area contributed by atoms with Crippen LogP contribution >= 0.6 is 15.9 Å². The molecule has 16 heavy (non-hydrogen) atoms. The number of rotatable bonds is 1. The molecule has 1 aromatic heterocycles. The number of likely N-dealkylation sites (N-methyl/N-ethyl adjacent to an activating group) is 1. The van der Waals surface area contributed by atoms with Gasteiger partial charge in [0.15, 0.2) is 0 Å². The van der Waals surface area contributed by atoms with Gasteiger partial charge in [0.1, 0.15) is 0 Å². The van der Waals surface area contributed by atoms with E-state index in [0.29, 0.717) is 5.56 Å². The van der Waals surface area contributed by atoms with E-state index in [0.717, 1.165) is 30.7 Å². The second-order valence-corrected chi connectivity index (χ2v) is 4.90. The Morgan fingerprint density at radius 3 is 2.62 bits per heavy atom. The van der Waals surface area contributed by atoms with Gasteiger partial charge in [-0.1, -0.05) is 0 Å². The van der Waals surface area contributed by atoms with Gasteiger partial charge in [0.05, 0.1) is 5.56 Å². The molecular weight excluding hydrogens is 270 g/mol. The van der Waals surface area contributed by atoms with Gasteiger partial charge in [-0.3, -0.25) is 9.78 Å². The first-order valence-corrected chi connectivity index (χ1v) is 6.04. The van der Waals surface area contributed by atoms with Crippen LogP contribution in [0.25, 0.3) is 0 Å². The van der Waals surface area contributed by atoms with E-state index in [1.165, 1.54) is 0 Å². The zero-order chi connectivity index (χ0) is 11.5. The predicted octanol–water partition coefficient (Wildman–Crippen LogP) is 1.23. The lowest BCUT2D eigenvalue weighted by Gasteiger charge is -2.32. The topological polar surface area (TPSA) is 36.4 Å². The Labute approximate surface area is 103 Å². The normalized spacial score (nSPS) is 17.5. The van der Waals surface area contributed by atoms with Crippen molar-refractivity contribution in [1.82, 2.24) is 14.8 Å². The zero-order valence-corrected chi connectivity index (χ0v) is 10.8. The molecule has 1 fully saturated rings. The summed E-state index contributed by atoms with van der Waals surface area (Å²) in [7, 11) is 2.07. The molecule has 2 heterocycles. The molecule has 1 aromatic rings. The lowest BCUT2D eigenvalue weighted by Crippen LogP contribution is -2.47. The summed E-state index contributed by atoms with van der Waals surface area (Å²) in [4.78, 5) is 20.2. The molecule has 0 aliphatic carbocycles. The van der Waals surface area contributed by atoms with Gasteiger partial charge in [0, 0.05) is 43.0 Å². The maximum atomic E-state index is 12.1. The van der Waals surface area contributed by atoms with Crippen LogP contribution in [-0.2, 0) is 0 Å². The first-order valence-electron chi connectivity index (χ1n) is 5.25. The number of hydrogen-bond acceptors (Lipinski definition) is 3. The Morgan fingerprint density at radius 1 is 1.31 bits per heavy atom. The molecule has 0 unspecified atom stereocenters. The second kappa shape index (κ2) is 4.93. The number of carbonyl (C=O) groups is 1. The highest BCUT2D eigenvalue weighted by atomic mass is 79.9. The van der Waals surface area contributed by atoms with Gasteiger partial charge in [-0.25, -0.2) is 0 Å². The first kappa shape index (κ1) is 11.5. The molecule has 0 N–H and O–H groups in total. The van der Waals surface area contributed by atoms with E-state index >= 15 is 0 Å². The number of amides is 1. The Morgan fingerprint density at radius 2 is 2.00 bits per heavy atom. The molecule has 0 saturated carbocycles. The molecule has 5 heteroatoms. The minimum absolute atomic E-state index is 0.0712. The highest BCUT2D eigenvalue weighted by Crippen LogP contribution is 2.12. The summed E-state index contributed by atoms with van der Waals surface area (Å²) in [5.41, 5.74) is 0.652. The molecule has 0 bridgehead atoms. The molecule has 0 spiro atoms. The van der Waals surface area contributed by atoms with E-state index in [4.69, 9.17) is 0 Å². The standard InChI is InChI=1S/C11H14BrN3O/c1-14-2-4-15(5-3-14)11(16)9-6-10(12)8-13-7-9/h6-8H,2-5H2,1H3. The molecule has 1 aliphatic heterocycles. The summed E-state index contributed by atoms with van der Waals surface area (Å²) < 4.78 is 0.840. The van der Waals surface area contributed by atoms with Gasteiger partial charge in [-0.05, 0) is 29.0 Å². The van der Waals surface area contributed by atoms with Gasteiger partial charge in [0.25, 0.3) is 5.91 Å². The summed E-state index contributed by atoms with van der Waals surface area (Å²) in [6, 6.07) is 1.81. The average molecular weight is 284 g/mol. The fraction of sp³-hybridized carbons (Fsp3) is 0.455. The Bertz CT molecular complexity index is 389. The fourth-order valence-corrected chi connectivity index (χ4v) is 2.09. The molecule has 4 nitrogen and oxygen atoms in total. The average Bonchev–Trinajstić information content (AvgIpc) is 2.29. The monoisotopic (exact) mass is 283 g/mol. The van der Waals surface area contributed by atoms with Crippen molar-refractivity contribution in [2.45, 2.75) is 0 Å². The maximum Gasteiger partial charge on any atom is 0.255 e. The largest absolute Gasteiger partial charge is 0.336 e. The van der Waals surface area contributed by atoms with Gasteiger partial charge in [0.2, 0.25) is 0 Å². The van der Waals surface area contributed by atoms with Crippen LogP contribution in [-0.4, -0.2) is 53.9 Å². The van der Waals surface area contributed by atoms with Crippen molar-refractivity contribution in [2.24, 2.45) is 0 Å². The number of hydrogen-bond donors (Lipinski definition) is 0. The molecule has 86 valence electrons. The highest BCUT2D eigenvalue weighted by Gasteiger charge is 2.20.